The molecule has 0 aliphatic heterocycles. The Labute approximate surface area is 104 Å². The minimum atomic E-state index is -1.16. The molecule has 0 bridgehead atoms. The van der Waals surface area contributed by atoms with Crippen molar-refractivity contribution in [3.05, 3.63) is 34.6 Å². The standard InChI is InChI=1S/C13H14ClFO2/c1-12(2)6-13(7-12,11(16)17)10-8(14)4-3-5-9(10)15/h3-5H,6-7H2,1-2H3,(H,16,17). The van der Waals surface area contributed by atoms with Crippen LogP contribution in [0.4, 0.5) is 4.39 Å². The van der Waals surface area contributed by atoms with Crippen LogP contribution < -0.4 is 0 Å². The van der Waals surface area contributed by atoms with Gasteiger partial charge in [-0.2, -0.15) is 0 Å². The third kappa shape index (κ3) is 1.82. The first-order chi connectivity index (χ1) is 7.78. The zero-order valence-electron chi connectivity index (χ0n) is 9.76. The maximum absolute atomic E-state index is 13.8. The second kappa shape index (κ2) is 3.70. The fourth-order valence-electron chi connectivity index (χ4n) is 2.97. The molecule has 0 radical (unpaired) electrons. The van der Waals surface area contributed by atoms with Gasteiger partial charge in [0.2, 0.25) is 0 Å². The van der Waals surface area contributed by atoms with E-state index in [1.807, 2.05) is 13.8 Å². The molecule has 2 nitrogen and oxygen atoms in total. The lowest BCUT2D eigenvalue weighted by atomic mass is 9.52. The van der Waals surface area contributed by atoms with Crippen molar-refractivity contribution in [2.24, 2.45) is 5.41 Å². The first kappa shape index (κ1) is 12.4. The van der Waals surface area contributed by atoms with E-state index in [4.69, 9.17) is 11.6 Å². The topological polar surface area (TPSA) is 37.3 Å². The average molecular weight is 257 g/mol. The Balaban J connectivity index is 2.53. The molecule has 0 unspecified atom stereocenters. The Morgan fingerprint density at radius 1 is 1.41 bits per heavy atom. The smallest absolute Gasteiger partial charge is 0.314 e. The van der Waals surface area contributed by atoms with Crippen molar-refractivity contribution in [2.75, 3.05) is 0 Å². The lowest BCUT2D eigenvalue weighted by Gasteiger charge is -2.50. The predicted molar refractivity (Wildman–Crippen MR) is 63.7 cm³/mol. The van der Waals surface area contributed by atoms with Gasteiger partial charge in [-0.05, 0) is 30.4 Å². The van der Waals surface area contributed by atoms with Crippen molar-refractivity contribution in [2.45, 2.75) is 32.1 Å². The normalized spacial score (nSPS) is 20.7. The highest BCUT2D eigenvalue weighted by Gasteiger charge is 2.57. The summed E-state index contributed by atoms with van der Waals surface area (Å²) in [5.74, 6) is -1.53. The molecule has 0 amide bonds. The largest absolute Gasteiger partial charge is 0.481 e. The Hall–Kier alpha value is -1.09. The van der Waals surface area contributed by atoms with Gasteiger partial charge in [0.25, 0.3) is 0 Å². The zero-order valence-corrected chi connectivity index (χ0v) is 10.5. The molecule has 1 saturated carbocycles. The summed E-state index contributed by atoms with van der Waals surface area (Å²) in [5.41, 5.74) is -1.11. The summed E-state index contributed by atoms with van der Waals surface area (Å²) >= 11 is 5.96. The van der Waals surface area contributed by atoms with Crippen molar-refractivity contribution >= 4 is 17.6 Å². The van der Waals surface area contributed by atoms with Gasteiger partial charge < -0.3 is 5.11 Å². The van der Waals surface area contributed by atoms with E-state index < -0.39 is 17.2 Å². The van der Waals surface area contributed by atoms with Crippen LogP contribution >= 0.6 is 11.6 Å². The number of halogens is 2. The molecule has 92 valence electrons. The summed E-state index contributed by atoms with van der Waals surface area (Å²) in [7, 11) is 0. The van der Waals surface area contributed by atoms with Crippen LogP contribution in [0, 0.1) is 11.2 Å². The highest BCUT2D eigenvalue weighted by atomic mass is 35.5. The molecule has 1 aliphatic carbocycles. The van der Waals surface area contributed by atoms with Gasteiger partial charge >= 0.3 is 5.97 Å². The molecule has 17 heavy (non-hydrogen) atoms. The Morgan fingerprint density at radius 2 is 2.00 bits per heavy atom. The molecule has 1 fully saturated rings. The van der Waals surface area contributed by atoms with Gasteiger partial charge in [-0.1, -0.05) is 31.5 Å². The fraction of sp³-hybridized carbons (Fsp3) is 0.462. The maximum atomic E-state index is 13.8. The number of hydrogen-bond acceptors (Lipinski definition) is 1. The fourth-order valence-corrected chi connectivity index (χ4v) is 3.32. The highest BCUT2D eigenvalue weighted by molar-refractivity contribution is 6.31. The van der Waals surface area contributed by atoms with Crippen LogP contribution in [0.15, 0.2) is 18.2 Å². The Morgan fingerprint density at radius 3 is 2.41 bits per heavy atom. The SMILES string of the molecule is CC1(C)CC(C(=O)O)(c2c(F)cccc2Cl)C1. The predicted octanol–water partition coefficient (Wildman–Crippen LogP) is 3.62. The quantitative estimate of drug-likeness (QED) is 0.877. The second-order valence-electron chi connectivity index (χ2n) is 5.50. The molecule has 1 aliphatic rings. The Bertz CT molecular complexity index is 454. The highest BCUT2D eigenvalue weighted by Crippen LogP contribution is 2.57. The molecule has 0 spiro atoms. The van der Waals surface area contributed by atoms with E-state index in [0.29, 0.717) is 12.8 Å². The van der Waals surface area contributed by atoms with Crippen molar-refractivity contribution in [3.8, 4) is 0 Å². The molecule has 0 heterocycles. The minimum absolute atomic E-state index is 0.0794. The molecule has 1 N–H and O–H groups in total. The molecular weight excluding hydrogens is 243 g/mol. The molecule has 0 aromatic heterocycles. The molecule has 1 aromatic carbocycles. The molecule has 0 saturated heterocycles. The van der Waals surface area contributed by atoms with E-state index in [9.17, 15) is 14.3 Å². The van der Waals surface area contributed by atoms with E-state index in [1.54, 1.807) is 0 Å². The molecule has 1 aromatic rings. The maximum Gasteiger partial charge on any atom is 0.314 e. The van der Waals surface area contributed by atoms with Gasteiger partial charge in [0, 0.05) is 10.6 Å². The minimum Gasteiger partial charge on any atom is -0.481 e. The van der Waals surface area contributed by atoms with Crippen LogP contribution in [-0.4, -0.2) is 11.1 Å². The van der Waals surface area contributed by atoms with Crippen LogP contribution in [0.2, 0.25) is 5.02 Å². The lowest BCUT2D eigenvalue weighted by Crippen LogP contribution is -2.52. The summed E-state index contributed by atoms with van der Waals surface area (Å²) in [5, 5.41) is 9.59. The number of benzene rings is 1. The van der Waals surface area contributed by atoms with Gasteiger partial charge in [-0.15, -0.1) is 0 Å². The van der Waals surface area contributed by atoms with E-state index in [2.05, 4.69) is 0 Å². The number of aliphatic carboxylic acids is 1. The van der Waals surface area contributed by atoms with Crippen molar-refractivity contribution < 1.29 is 14.3 Å². The molecular formula is C13H14ClFO2. The van der Waals surface area contributed by atoms with E-state index >= 15 is 0 Å². The summed E-state index contributed by atoms with van der Waals surface area (Å²) in [6.45, 7) is 3.95. The van der Waals surface area contributed by atoms with E-state index in [0.717, 1.165) is 0 Å². The van der Waals surface area contributed by atoms with Gasteiger partial charge in [0.05, 0.1) is 5.41 Å². The van der Waals surface area contributed by atoms with Gasteiger partial charge in [0.15, 0.2) is 0 Å². The molecule has 0 atom stereocenters. The number of carbonyl (C=O) groups is 1. The first-order valence-corrected chi connectivity index (χ1v) is 5.84. The zero-order chi connectivity index (χ0) is 12.8. The van der Waals surface area contributed by atoms with Crippen LogP contribution in [0.1, 0.15) is 32.3 Å². The van der Waals surface area contributed by atoms with Crippen molar-refractivity contribution in [1.82, 2.24) is 0 Å². The van der Waals surface area contributed by atoms with Crippen LogP contribution in [0.5, 0.6) is 0 Å². The van der Waals surface area contributed by atoms with Crippen LogP contribution in [0.25, 0.3) is 0 Å². The van der Waals surface area contributed by atoms with Gasteiger partial charge in [0.1, 0.15) is 5.82 Å². The number of rotatable bonds is 2. The Kier molecular flexibility index (Phi) is 2.69. The van der Waals surface area contributed by atoms with Gasteiger partial charge in [-0.25, -0.2) is 4.39 Å². The number of hydrogen-bond donors (Lipinski definition) is 1. The summed E-state index contributed by atoms with van der Waals surface area (Å²) in [6.07, 6.45) is 0.825. The third-order valence-corrected chi connectivity index (χ3v) is 3.73. The monoisotopic (exact) mass is 256 g/mol. The molecule has 4 heteroatoms. The number of carboxylic acids is 1. The van der Waals surface area contributed by atoms with E-state index in [1.165, 1.54) is 18.2 Å². The molecule has 2 rings (SSSR count). The van der Waals surface area contributed by atoms with Crippen molar-refractivity contribution in [1.29, 1.82) is 0 Å². The average Bonchev–Trinajstić information content (AvgIpc) is 2.13. The van der Waals surface area contributed by atoms with Crippen LogP contribution in [0.3, 0.4) is 0 Å². The second-order valence-corrected chi connectivity index (χ2v) is 5.91. The van der Waals surface area contributed by atoms with Crippen molar-refractivity contribution in [3.63, 3.8) is 0 Å². The summed E-state index contributed by atoms with van der Waals surface area (Å²) in [6, 6.07) is 4.29. The van der Waals surface area contributed by atoms with Crippen LogP contribution in [-0.2, 0) is 10.2 Å². The third-order valence-electron chi connectivity index (χ3n) is 3.41. The first-order valence-electron chi connectivity index (χ1n) is 5.46. The lowest BCUT2D eigenvalue weighted by molar-refractivity contribution is -0.153. The number of carboxylic acid groups (broad SMARTS) is 1. The van der Waals surface area contributed by atoms with Gasteiger partial charge in [-0.3, -0.25) is 4.79 Å². The summed E-state index contributed by atoms with van der Waals surface area (Å²) < 4.78 is 13.8. The van der Waals surface area contributed by atoms with E-state index in [-0.39, 0.29) is 16.0 Å². The summed E-state index contributed by atoms with van der Waals surface area (Å²) in [4.78, 5) is 11.5.